The van der Waals surface area contributed by atoms with Crippen molar-refractivity contribution in [1.29, 1.82) is 5.26 Å². The number of pyridine rings is 1. The molecule has 0 bridgehead atoms. The summed E-state index contributed by atoms with van der Waals surface area (Å²) < 4.78 is 53.7. The second-order valence-corrected chi connectivity index (χ2v) is 4.87. The van der Waals surface area contributed by atoms with Crippen molar-refractivity contribution in [2.75, 3.05) is 0 Å². The van der Waals surface area contributed by atoms with Crippen LogP contribution < -0.4 is 0 Å². The Hall–Kier alpha value is -2.95. The number of fused-ring (bicyclic) bond motifs is 1. The number of halogens is 4. The highest BCUT2D eigenvalue weighted by molar-refractivity contribution is 5.78. The van der Waals surface area contributed by atoms with Crippen LogP contribution in [0.1, 0.15) is 11.1 Å². The fourth-order valence-corrected chi connectivity index (χ4v) is 2.24. The van der Waals surface area contributed by atoms with Crippen molar-refractivity contribution < 1.29 is 17.6 Å². The molecule has 1 aromatic carbocycles. The van der Waals surface area contributed by atoms with Gasteiger partial charge in [0.15, 0.2) is 5.65 Å². The van der Waals surface area contributed by atoms with Gasteiger partial charge in [0.1, 0.15) is 17.2 Å². The van der Waals surface area contributed by atoms with E-state index in [1.807, 2.05) is 6.07 Å². The number of alkyl halides is 3. The van der Waals surface area contributed by atoms with Crippen LogP contribution in [0.15, 0.2) is 30.5 Å². The maximum Gasteiger partial charge on any atom is 0.417 e. The topological polar surface area (TPSA) is 54.5 Å². The minimum atomic E-state index is -4.53. The second-order valence-electron chi connectivity index (χ2n) is 4.87. The van der Waals surface area contributed by atoms with E-state index in [1.54, 1.807) is 0 Å². The van der Waals surface area contributed by atoms with Gasteiger partial charge < -0.3 is 4.57 Å². The van der Waals surface area contributed by atoms with Gasteiger partial charge in [0.25, 0.3) is 0 Å². The van der Waals surface area contributed by atoms with E-state index in [4.69, 9.17) is 5.26 Å². The van der Waals surface area contributed by atoms with E-state index in [9.17, 15) is 17.6 Å². The number of imidazole rings is 1. The summed E-state index contributed by atoms with van der Waals surface area (Å²) in [7, 11) is 1.53. The maximum atomic E-state index is 14.1. The molecule has 0 aliphatic rings. The average molecular weight is 320 g/mol. The van der Waals surface area contributed by atoms with Crippen LogP contribution >= 0.6 is 0 Å². The monoisotopic (exact) mass is 320 g/mol. The van der Waals surface area contributed by atoms with Crippen LogP contribution in [-0.2, 0) is 13.2 Å². The van der Waals surface area contributed by atoms with Gasteiger partial charge in [-0.3, -0.25) is 0 Å². The summed E-state index contributed by atoms with van der Waals surface area (Å²) in [6.07, 6.45) is -3.82. The van der Waals surface area contributed by atoms with E-state index in [1.165, 1.54) is 23.7 Å². The minimum Gasteiger partial charge on any atom is -0.312 e. The molecule has 0 unspecified atom stereocenters. The van der Waals surface area contributed by atoms with Crippen molar-refractivity contribution in [3.8, 4) is 17.5 Å². The van der Waals surface area contributed by atoms with E-state index in [2.05, 4.69) is 9.97 Å². The van der Waals surface area contributed by atoms with Gasteiger partial charge in [0.2, 0.25) is 0 Å². The highest BCUT2D eigenvalue weighted by atomic mass is 19.4. The fraction of sp³-hybridized carbons (Fsp3) is 0.133. The minimum absolute atomic E-state index is 0.0149. The standard InChI is InChI=1S/C15H8F4N4/c1-23-13(10-3-2-8(6-20)4-11(10)16)22-12-5-9(15(17,18)19)7-21-14(12)23/h2-5,7H,1H3. The molecule has 0 spiro atoms. The molecule has 23 heavy (non-hydrogen) atoms. The first-order chi connectivity index (χ1) is 10.8. The Morgan fingerprint density at radius 2 is 1.96 bits per heavy atom. The van der Waals surface area contributed by atoms with Crippen molar-refractivity contribution in [2.45, 2.75) is 6.18 Å². The number of hydrogen-bond donors (Lipinski definition) is 0. The number of rotatable bonds is 1. The van der Waals surface area contributed by atoms with Crippen LogP contribution in [0.25, 0.3) is 22.6 Å². The van der Waals surface area contributed by atoms with Crippen molar-refractivity contribution in [1.82, 2.24) is 14.5 Å². The van der Waals surface area contributed by atoms with Crippen LogP contribution in [0.5, 0.6) is 0 Å². The molecular weight excluding hydrogens is 312 g/mol. The smallest absolute Gasteiger partial charge is 0.312 e. The molecule has 116 valence electrons. The number of nitrogens with zero attached hydrogens (tertiary/aromatic N) is 4. The van der Waals surface area contributed by atoms with Crippen molar-refractivity contribution in [3.63, 3.8) is 0 Å². The Morgan fingerprint density at radius 1 is 1.22 bits per heavy atom. The number of aromatic nitrogens is 3. The van der Waals surface area contributed by atoms with Gasteiger partial charge in [0.05, 0.1) is 22.8 Å². The van der Waals surface area contributed by atoms with E-state index in [0.717, 1.165) is 12.1 Å². The first-order valence-electron chi connectivity index (χ1n) is 6.41. The molecular formula is C15H8F4N4. The van der Waals surface area contributed by atoms with Crippen LogP contribution in [-0.4, -0.2) is 14.5 Å². The van der Waals surface area contributed by atoms with Crippen LogP contribution in [0.2, 0.25) is 0 Å². The quantitative estimate of drug-likeness (QED) is 0.643. The third-order valence-corrected chi connectivity index (χ3v) is 3.38. The van der Waals surface area contributed by atoms with Gasteiger partial charge in [0, 0.05) is 13.2 Å². The van der Waals surface area contributed by atoms with Crippen LogP contribution in [0.4, 0.5) is 17.6 Å². The third-order valence-electron chi connectivity index (χ3n) is 3.38. The van der Waals surface area contributed by atoms with Gasteiger partial charge >= 0.3 is 6.18 Å². The zero-order chi connectivity index (χ0) is 16.8. The first-order valence-corrected chi connectivity index (χ1v) is 6.41. The van der Waals surface area contributed by atoms with E-state index in [-0.39, 0.29) is 28.1 Å². The zero-order valence-electron chi connectivity index (χ0n) is 11.7. The lowest BCUT2D eigenvalue weighted by molar-refractivity contribution is -0.137. The molecule has 0 saturated carbocycles. The van der Waals surface area contributed by atoms with Gasteiger partial charge in [-0.15, -0.1) is 0 Å². The molecule has 0 radical (unpaired) electrons. The molecule has 3 rings (SSSR count). The molecule has 8 heteroatoms. The molecule has 0 atom stereocenters. The maximum absolute atomic E-state index is 14.1. The molecule has 0 aliphatic carbocycles. The molecule has 0 aliphatic heterocycles. The molecule has 2 aromatic heterocycles. The van der Waals surface area contributed by atoms with Gasteiger partial charge in [-0.25, -0.2) is 14.4 Å². The molecule has 2 heterocycles. The second kappa shape index (κ2) is 5.05. The Balaban J connectivity index is 2.20. The summed E-state index contributed by atoms with van der Waals surface area (Å²) >= 11 is 0. The number of aryl methyl sites for hydroxylation is 1. The first kappa shape index (κ1) is 15.0. The summed E-state index contributed by atoms with van der Waals surface area (Å²) in [5.41, 5.74) is -0.478. The Labute approximate surface area is 127 Å². The van der Waals surface area contributed by atoms with E-state index >= 15 is 0 Å². The molecule has 4 nitrogen and oxygen atoms in total. The summed E-state index contributed by atoms with van der Waals surface area (Å²) in [6.45, 7) is 0. The fourth-order valence-electron chi connectivity index (χ4n) is 2.24. The molecule has 0 amide bonds. The predicted molar refractivity (Wildman–Crippen MR) is 73.6 cm³/mol. The molecule has 0 N–H and O–H groups in total. The lowest BCUT2D eigenvalue weighted by Crippen LogP contribution is -2.05. The number of hydrogen-bond acceptors (Lipinski definition) is 3. The summed E-state index contributed by atoms with van der Waals surface area (Å²) in [6, 6.07) is 6.49. The highest BCUT2D eigenvalue weighted by Crippen LogP contribution is 2.32. The van der Waals surface area contributed by atoms with Crippen LogP contribution in [0.3, 0.4) is 0 Å². The SMILES string of the molecule is Cn1c(-c2ccc(C#N)cc2F)nc2cc(C(F)(F)F)cnc21. The van der Waals surface area contributed by atoms with Gasteiger partial charge in [-0.1, -0.05) is 0 Å². The molecule has 0 saturated heterocycles. The third kappa shape index (κ3) is 2.50. The normalized spacial score (nSPS) is 11.7. The largest absolute Gasteiger partial charge is 0.417 e. The number of nitriles is 1. The summed E-state index contributed by atoms with van der Waals surface area (Å²) in [4.78, 5) is 7.81. The highest BCUT2D eigenvalue weighted by Gasteiger charge is 2.31. The number of benzene rings is 1. The average Bonchev–Trinajstić information content (AvgIpc) is 2.82. The predicted octanol–water partition coefficient (Wildman–Crippen LogP) is 3.66. The lowest BCUT2D eigenvalue weighted by Gasteiger charge is -2.05. The van der Waals surface area contributed by atoms with E-state index in [0.29, 0.717) is 6.20 Å². The van der Waals surface area contributed by atoms with E-state index < -0.39 is 17.6 Å². The Bertz CT molecular complexity index is 950. The lowest BCUT2D eigenvalue weighted by atomic mass is 10.1. The molecule has 3 aromatic rings. The van der Waals surface area contributed by atoms with Crippen molar-refractivity contribution in [3.05, 3.63) is 47.4 Å². The van der Waals surface area contributed by atoms with Gasteiger partial charge in [-0.05, 0) is 24.3 Å². The zero-order valence-corrected chi connectivity index (χ0v) is 11.7. The summed E-state index contributed by atoms with van der Waals surface area (Å²) in [5.74, 6) is -0.549. The van der Waals surface area contributed by atoms with Crippen molar-refractivity contribution >= 4 is 11.2 Å². The van der Waals surface area contributed by atoms with Crippen LogP contribution in [0, 0.1) is 17.1 Å². The Morgan fingerprint density at radius 3 is 2.57 bits per heavy atom. The van der Waals surface area contributed by atoms with Gasteiger partial charge in [-0.2, -0.15) is 18.4 Å². The Kier molecular flexibility index (Phi) is 3.29. The van der Waals surface area contributed by atoms with Crippen molar-refractivity contribution in [2.24, 2.45) is 7.05 Å². The molecule has 0 fully saturated rings. The summed E-state index contributed by atoms with van der Waals surface area (Å²) in [5, 5.41) is 8.75.